The first kappa shape index (κ1) is 22.6. The summed E-state index contributed by atoms with van der Waals surface area (Å²) in [5.41, 5.74) is 3.51. The molecule has 0 spiro atoms. The Hall–Kier alpha value is -2.59. The van der Waals surface area contributed by atoms with Gasteiger partial charge in [0, 0.05) is 36.0 Å². The highest BCUT2D eigenvalue weighted by Crippen LogP contribution is 2.32. The Balaban J connectivity index is 1.37. The third kappa shape index (κ3) is 5.07. The summed E-state index contributed by atoms with van der Waals surface area (Å²) in [6, 6.07) is 5.29. The molecular weight excluding hydrogens is 432 g/mol. The molecule has 2 aliphatic rings. The average Bonchev–Trinajstić information content (AvgIpc) is 3.10. The number of anilines is 1. The van der Waals surface area contributed by atoms with E-state index in [2.05, 4.69) is 10.4 Å². The molecule has 3 heterocycles. The summed E-state index contributed by atoms with van der Waals surface area (Å²) in [5.74, 6) is 1.55. The number of aromatic nitrogens is 2. The lowest BCUT2D eigenvalue weighted by Crippen LogP contribution is -2.30. The first-order valence-electron chi connectivity index (χ1n) is 10.8. The lowest BCUT2D eigenvalue weighted by Gasteiger charge is -2.18. The highest BCUT2D eigenvalue weighted by molar-refractivity contribution is 7.91. The molecule has 1 amide bonds. The molecule has 1 aromatic carbocycles. The standard InChI is InChI=1S/C22H30N4O5S/c1-15-19(16(2)26(24-15)18-7-10-32(28,29)14-18)12-25(3)13-22(27)23-17-5-6-20-21(11-17)31-9-4-8-30-20/h5-6,11,18H,4,7-10,12-14H2,1-3H3,(H,23,27)/t18-/m0/s1. The summed E-state index contributed by atoms with van der Waals surface area (Å²) in [5, 5.41) is 7.52. The van der Waals surface area contributed by atoms with Gasteiger partial charge in [-0.3, -0.25) is 14.4 Å². The molecule has 0 saturated carbocycles. The van der Waals surface area contributed by atoms with Crippen molar-refractivity contribution in [1.29, 1.82) is 0 Å². The van der Waals surface area contributed by atoms with Crippen molar-refractivity contribution < 1.29 is 22.7 Å². The molecule has 9 nitrogen and oxygen atoms in total. The highest BCUT2D eigenvalue weighted by atomic mass is 32.2. The number of fused-ring (bicyclic) bond motifs is 1. The molecular formula is C22H30N4O5S. The summed E-state index contributed by atoms with van der Waals surface area (Å²) in [7, 11) is -1.10. The van der Waals surface area contributed by atoms with Gasteiger partial charge in [-0.05, 0) is 39.4 Å². The minimum atomic E-state index is -2.98. The third-order valence-electron chi connectivity index (χ3n) is 5.90. The van der Waals surface area contributed by atoms with Crippen LogP contribution in [-0.2, 0) is 21.2 Å². The van der Waals surface area contributed by atoms with Gasteiger partial charge in [0.15, 0.2) is 21.3 Å². The molecule has 10 heteroatoms. The van der Waals surface area contributed by atoms with E-state index in [1.807, 2.05) is 36.5 Å². The Morgan fingerprint density at radius 1 is 1.25 bits per heavy atom. The Morgan fingerprint density at radius 3 is 2.72 bits per heavy atom. The zero-order valence-corrected chi connectivity index (χ0v) is 19.6. The fraction of sp³-hybridized carbons (Fsp3) is 0.545. The van der Waals surface area contributed by atoms with E-state index in [0.29, 0.717) is 43.4 Å². The van der Waals surface area contributed by atoms with Gasteiger partial charge in [-0.1, -0.05) is 0 Å². The average molecular weight is 463 g/mol. The highest BCUT2D eigenvalue weighted by Gasteiger charge is 2.31. The number of hydrogen-bond acceptors (Lipinski definition) is 7. The number of amides is 1. The van der Waals surface area contributed by atoms with E-state index in [4.69, 9.17) is 9.47 Å². The van der Waals surface area contributed by atoms with Crippen molar-refractivity contribution in [2.45, 2.75) is 39.3 Å². The van der Waals surface area contributed by atoms with Gasteiger partial charge < -0.3 is 14.8 Å². The number of aryl methyl sites for hydroxylation is 1. The van der Waals surface area contributed by atoms with Crippen LogP contribution in [0.15, 0.2) is 18.2 Å². The van der Waals surface area contributed by atoms with Crippen LogP contribution in [-0.4, -0.2) is 67.3 Å². The van der Waals surface area contributed by atoms with Gasteiger partial charge in [-0.2, -0.15) is 5.10 Å². The van der Waals surface area contributed by atoms with E-state index < -0.39 is 9.84 Å². The summed E-state index contributed by atoms with van der Waals surface area (Å²) in [4.78, 5) is 14.5. The van der Waals surface area contributed by atoms with Crippen LogP contribution in [0, 0.1) is 13.8 Å². The number of benzene rings is 1. The Bertz CT molecular complexity index is 1110. The number of sulfone groups is 1. The van der Waals surface area contributed by atoms with Crippen molar-refractivity contribution in [3.05, 3.63) is 35.2 Å². The van der Waals surface area contributed by atoms with Gasteiger partial charge in [-0.25, -0.2) is 8.42 Å². The molecule has 1 aromatic heterocycles. The van der Waals surface area contributed by atoms with Crippen LogP contribution in [0.5, 0.6) is 11.5 Å². The van der Waals surface area contributed by atoms with Gasteiger partial charge in [-0.15, -0.1) is 0 Å². The molecule has 0 radical (unpaired) electrons. The normalized spacial score (nSPS) is 19.7. The monoisotopic (exact) mass is 462 g/mol. The number of rotatable bonds is 6. The maximum absolute atomic E-state index is 12.6. The quantitative estimate of drug-likeness (QED) is 0.701. The van der Waals surface area contributed by atoms with Crippen LogP contribution < -0.4 is 14.8 Å². The summed E-state index contributed by atoms with van der Waals surface area (Å²) >= 11 is 0. The molecule has 2 aliphatic heterocycles. The Kier molecular flexibility index (Phi) is 6.43. The largest absolute Gasteiger partial charge is 0.490 e. The van der Waals surface area contributed by atoms with Crippen LogP contribution in [0.25, 0.3) is 0 Å². The summed E-state index contributed by atoms with van der Waals surface area (Å²) in [6.07, 6.45) is 1.42. The zero-order valence-electron chi connectivity index (χ0n) is 18.8. The number of nitrogens with one attached hydrogen (secondary N) is 1. The van der Waals surface area contributed by atoms with E-state index in [9.17, 15) is 13.2 Å². The van der Waals surface area contributed by atoms with E-state index in [1.54, 1.807) is 12.1 Å². The Morgan fingerprint density at radius 2 is 2.00 bits per heavy atom. The first-order valence-corrected chi connectivity index (χ1v) is 12.7. The van der Waals surface area contributed by atoms with Gasteiger partial charge in [0.2, 0.25) is 5.91 Å². The predicted octanol–water partition coefficient (Wildman–Crippen LogP) is 2.09. The minimum Gasteiger partial charge on any atom is -0.490 e. The van der Waals surface area contributed by atoms with Gasteiger partial charge in [0.05, 0.1) is 43.0 Å². The number of ether oxygens (including phenoxy) is 2. The molecule has 0 aliphatic carbocycles. The fourth-order valence-electron chi connectivity index (χ4n) is 4.26. The second kappa shape index (κ2) is 9.11. The zero-order chi connectivity index (χ0) is 22.9. The molecule has 0 unspecified atom stereocenters. The van der Waals surface area contributed by atoms with Crippen LogP contribution in [0.1, 0.15) is 35.8 Å². The Labute approximate surface area is 188 Å². The number of nitrogens with zero attached hydrogens (tertiary/aromatic N) is 3. The SMILES string of the molecule is Cc1nn([C@H]2CCS(=O)(=O)C2)c(C)c1CN(C)CC(=O)Nc1ccc2c(c1)OCCCO2. The van der Waals surface area contributed by atoms with Crippen LogP contribution in [0.3, 0.4) is 0 Å². The molecule has 32 heavy (non-hydrogen) atoms. The van der Waals surface area contributed by atoms with Crippen molar-refractivity contribution in [2.24, 2.45) is 0 Å². The first-order chi connectivity index (χ1) is 15.2. The molecule has 1 saturated heterocycles. The molecule has 1 N–H and O–H groups in total. The van der Waals surface area contributed by atoms with Crippen molar-refractivity contribution in [3.8, 4) is 11.5 Å². The second-order valence-electron chi connectivity index (χ2n) is 8.58. The third-order valence-corrected chi connectivity index (χ3v) is 7.65. The van der Waals surface area contributed by atoms with Crippen LogP contribution in [0.4, 0.5) is 5.69 Å². The molecule has 174 valence electrons. The van der Waals surface area contributed by atoms with Crippen molar-refractivity contribution in [1.82, 2.24) is 14.7 Å². The molecule has 1 fully saturated rings. The van der Waals surface area contributed by atoms with Crippen molar-refractivity contribution in [2.75, 3.05) is 43.6 Å². The van der Waals surface area contributed by atoms with E-state index in [1.165, 1.54) is 0 Å². The maximum atomic E-state index is 12.6. The van der Waals surface area contributed by atoms with E-state index in [-0.39, 0.29) is 30.0 Å². The van der Waals surface area contributed by atoms with E-state index >= 15 is 0 Å². The fourth-order valence-corrected chi connectivity index (χ4v) is 5.95. The van der Waals surface area contributed by atoms with Gasteiger partial charge in [0.1, 0.15) is 0 Å². The molecule has 2 aromatic rings. The predicted molar refractivity (Wildman–Crippen MR) is 121 cm³/mol. The molecule has 1 atom stereocenters. The lowest BCUT2D eigenvalue weighted by molar-refractivity contribution is -0.117. The minimum absolute atomic E-state index is 0.111. The lowest BCUT2D eigenvalue weighted by atomic mass is 10.1. The van der Waals surface area contributed by atoms with Crippen LogP contribution >= 0.6 is 0 Å². The van der Waals surface area contributed by atoms with E-state index in [0.717, 1.165) is 23.4 Å². The number of carbonyl (C=O) groups excluding carboxylic acids is 1. The van der Waals surface area contributed by atoms with Crippen LogP contribution in [0.2, 0.25) is 0 Å². The molecule has 4 rings (SSSR count). The van der Waals surface area contributed by atoms with Crippen molar-refractivity contribution in [3.63, 3.8) is 0 Å². The molecule has 0 bridgehead atoms. The number of likely N-dealkylation sites (N-methyl/N-ethyl adjacent to an activating group) is 1. The van der Waals surface area contributed by atoms with Crippen molar-refractivity contribution >= 4 is 21.4 Å². The van der Waals surface area contributed by atoms with Gasteiger partial charge in [0.25, 0.3) is 0 Å². The topological polar surface area (TPSA) is 103 Å². The smallest absolute Gasteiger partial charge is 0.238 e. The maximum Gasteiger partial charge on any atom is 0.238 e. The number of hydrogen-bond donors (Lipinski definition) is 1. The van der Waals surface area contributed by atoms with Gasteiger partial charge >= 0.3 is 0 Å². The summed E-state index contributed by atoms with van der Waals surface area (Å²) < 4.78 is 36.9. The number of carbonyl (C=O) groups is 1. The second-order valence-corrected chi connectivity index (χ2v) is 10.8. The summed E-state index contributed by atoms with van der Waals surface area (Å²) in [6.45, 7) is 5.85.